The van der Waals surface area contributed by atoms with Crippen LogP contribution in [0.5, 0.6) is 0 Å². The molecule has 0 unspecified atom stereocenters. The van der Waals surface area contributed by atoms with E-state index in [1.54, 1.807) is 19.2 Å². The van der Waals surface area contributed by atoms with Crippen LogP contribution in [0.3, 0.4) is 0 Å². The number of aliphatic imine (C=N–C) groups is 1. The number of aromatic amines is 1. The predicted molar refractivity (Wildman–Crippen MR) is 119 cm³/mol. The molecule has 31 heavy (non-hydrogen) atoms. The number of rotatable bonds is 5. The molecule has 2 saturated heterocycles. The second-order valence-electron chi connectivity index (χ2n) is 7.98. The molecule has 2 aromatic rings. The first-order chi connectivity index (χ1) is 15.1. The molecule has 4 rings (SSSR count). The van der Waals surface area contributed by atoms with Crippen molar-refractivity contribution in [2.75, 3.05) is 72.6 Å². The largest absolute Gasteiger partial charge is 0.378 e. The van der Waals surface area contributed by atoms with E-state index < -0.39 is 0 Å². The minimum Gasteiger partial charge on any atom is -0.378 e. The number of H-pyrrole nitrogens is 1. The molecular weight excluding hydrogens is 399 g/mol. The van der Waals surface area contributed by atoms with Crippen LogP contribution in [0.2, 0.25) is 0 Å². The summed E-state index contributed by atoms with van der Waals surface area (Å²) in [6.07, 6.45) is 2.72. The lowest BCUT2D eigenvalue weighted by atomic mass is 10.1. The van der Waals surface area contributed by atoms with Crippen LogP contribution in [-0.4, -0.2) is 104 Å². The number of hydrogen-bond donors (Lipinski definition) is 2. The number of ether oxygens (including phenoxy) is 1. The normalized spacial score (nSPS) is 18.6. The Hall–Kier alpha value is -2.65. The first-order valence-corrected chi connectivity index (χ1v) is 10.9. The van der Waals surface area contributed by atoms with E-state index >= 15 is 0 Å². The van der Waals surface area contributed by atoms with E-state index in [1.165, 1.54) is 6.07 Å². The SMILES string of the molecule is CN=C(NCCc1c[nH]c2ccc(F)cc12)N1CCN(CC(=O)N2CCOCC2)CC1. The number of aromatic nitrogens is 1. The summed E-state index contributed by atoms with van der Waals surface area (Å²) in [6, 6.07) is 4.81. The van der Waals surface area contributed by atoms with Gasteiger partial charge in [-0.3, -0.25) is 14.7 Å². The smallest absolute Gasteiger partial charge is 0.236 e. The van der Waals surface area contributed by atoms with Gasteiger partial charge in [-0.05, 0) is 30.2 Å². The number of guanidine groups is 1. The molecule has 0 atom stereocenters. The summed E-state index contributed by atoms with van der Waals surface area (Å²) in [6.45, 7) is 7.16. The van der Waals surface area contributed by atoms with Crippen molar-refractivity contribution < 1.29 is 13.9 Å². The van der Waals surface area contributed by atoms with Gasteiger partial charge in [-0.1, -0.05) is 0 Å². The molecule has 2 aliphatic rings. The minimum atomic E-state index is -0.220. The Morgan fingerprint density at radius 1 is 1.16 bits per heavy atom. The predicted octanol–water partition coefficient (Wildman–Crippen LogP) is 0.901. The highest BCUT2D eigenvalue weighted by atomic mass is 19.1. The summed E-state index contributed by atoms with van der Waals surface area (Å²) in [5, 5.41) is 4.35. The van der Waals surface area contributed by atoms with Crippen molar-refractivity contribution in [3.8, 4) is 0 Å². The van der Waals surface area contributed by atoms with Crippen LogP contribution in [0, 0.1) is 5.82 Å². The maximum atomic E-state index is 13.6. The lowest BCUT2D eigenvalue weighted by Crippen LogP contribution is -2.55. The molecular formula is C22H31FN6O2. The zero-order chi connectivity index (χ0) is 21.6. The van der Waals surface area contributed by atoms with E-state index in [9.17, 15) is 9.18 Å². The molecule has 0 saturated carbocycles. The van der Waals surface area contributed by atoms with Crippen molar-refractivity contribution in [3.05, 3.63) is 35.8 Å². The van der Waals surface area contributed by atoms with Crippen LogP contribution in [0.15, 0.2) is 29.4 Å². The third-order valence-corrected chi connectivity index (χ3v) is 6.01. The fourth-order valence-electron chi connectivity index (χ4n) is 4.22. The van der Waals surface area contributed by atoms with Gasteiger partial charge in [-0.15, -0.1) is 0 Å². The molecule has 1 amide bonds. The summed E-state index contributed by atoms with van der Waals surface area (Å²) >= 11 is 0. The van der Waals surface area contributed by atoms with Crippen molar-refractivity contribution in [1.82, 2.24) is 25.0 Å². The molecule has 8 nitrogen and oxygen atoms in total. The number of nitrogens with one attached hydrogen (secondary N) is 2. The maximum Gasteiger partial charge on any atom is 0.236 e. The molecule has 0 radical (unpaired) electrons. The number of benzene rings is 1. The number of carbonyl (C=O) groups excluding carboxylic acids is 1. The Morgan fingerprint density at radius 2 is 1.94 bits per heavy atom. The Bertz CT molecular complexity index is 916. The lowest BCUT2D eigenvalue weighted by Gasteiger charge is -2.37. The fraction of sp³-hybridized carbons (Fsp3) is 0.545. The van der Waals surface area contributed by atoms with E-state index in [-0.39, 0.29) is 11.7 Å². The summed E-state index contributed by atoms with van der Waals surface area (Å²) < 4.78 is 18.9. The monoisotopic (exact) mass is 430 g/mol. The molecule has 2 aliphatic heterocycles. The second kappa shape index (κ2) is 10.1. The van der Waals surface area contributed by atoms with Gasteiger partial charge in [0, 0.05) is 70.0 Å². The van der Waals surface area contributed by atoms with Gasteiger partial charge in [0.2, 0.25) is 5.91 Å². The highest BCUT2D eigenvalue weighted by molar-refractivity contribution is 5.83. The van der Waals surface area contributed by atoms with Crippen LogP contribution < -0.4 is 5.32 Å². The van der Waals surface area contributed by atoms with Gasteiger partial charge in [-0.2, -0.15) is 0 Å². The fourth-order valence-corrected chi connectivity index (χ4v) is 4.22. The molecule has 9 heteroatoms. The first-order valence-electron chi connectivity index (χ1n) is 10.9. The Labute approximate surface area is 182 Å². The van der Waals surface area contributed by atoms with Gasteiger partial charge in [-0.25, -0.2) is 4.39 Å². The van der Waals surface area contributed by atoms with Crippen molar-refractivity contribution >= 4 is 22.8 Å². The van der Waals surface area contributed by atoms with Crippen molar-refractivity contribution in [2.24, 2.45) is 4.99 Å². The maximum absolute atomic E-state index is 13.6. The number of fused-ring (bicyclic) bond motifs is 1. The second-order valence-corrected chi connectivity index (χ2v) is 7.98. The molecule has 2 fully saturated rings. The standard InChI is InChI=1S/C22H31FN6O2/c1-24-22(25-5-4-17-15-26-20-3-2-18(23)14-19(17)20)29-8-6-27(7-9-29)16-21(30)28-10-12-31-13-11-28/h2-3,14-15,26H,4-13,16H2,1H3,(H,24,25). The van der Waals surface area contributed by atoms with Gasteiger partial charge in [0.15, 0.2) is 5.96 Å². The number of halogens is 1. The third-order valence-electron chi connectivity index (χ3n) is 6.01. The number of morpholine rings is 1. The molecule has 1 aromatic heterocycles. The molecule has 0 spiro atoms. The summed E-state index contributed by atoms with van der Waals surface area (Å²) in [5.41, 5.74) is 2.03. The minimum absolute atomic E-state index is 0.189. The first kappa shape index (κ1) is 21.6. The number of hydrogen-bond acceptors (Lipinski definition) is 4. The molecule has 3 heterocycles. The molecule has 168 valence electrons. The van der Waals surface area contributed by atoms with E-state index in [1.807, 2.05) is 11.1 Å². The average molecular weight is 431 g/mol. The van der Waals surface area contributed by atoms with E-state index in [4.69, 9.17) is 4.74 Å². The summed E-state index contributed by atoms with van der Waals surface area (Å²) in [5.74, 6) is 0.835. The van der Waals surface area contributed by atoms with Gasteiger partial charge < -0.3 is 24.8 Å². The van der Waals surface area contributed by atoms with Gasteiger partial charge in [0.1, 0.15) is 5.82 Å². The molecule has 1 aromatic carbocycles. The summed E-state index contributed by atoms with van der Waals surface area (Å²) in [4.78, 5) is 26.4. The number of piperazine rings is 1. The van der Waals surface area contributed by atoms with Crippen LogP contribution in [-0.2, 0) is 16.0 Å². The summed E-state index contributed by atoms with van der Waals surface area (Å²) in [7, 11) is 1.79. The topological polar surface area (TPSA) is 76.2 Å². The zero-order valence-electron chi connectivity index (χ0n) is 18.1. The molecule has 2 N–H and O–H groups in total. The van der Waals surface area contributed by atoms with Crippen LogP contribution in [0.4, 0.5) is 4.39 Å². The number of carbonyl (C=O) groups is 1. The van der Waals surface area contributed by atoms with Crippen LogP contribution in [0.25, 0.3) is 10.9 Å². The van der Waals surface area contributed by atoms with Crippen LogP contribution in [0.1, 0.15) is 5.56 Å². The van der Waals surface area contributed by atoms with E-state index in [2.05, 4.69) is 25.1 Å². The van der Waals surface area contributed by atoms with Crippen molar-refractivity contribution in [1.29, 1.82) is 0 Å². The molecule has 0 bridgehead atoms. The quantitative estimate of drug-likeness (QED) is 0.545. The Balaban J connectivity index is 1.23. The van der Waals surface area contributed by atoms with Crippen molar-refractivity contribution in [3.63, 3.8) is 0 Å². The third kappa shape index (κ3) is 5.34. The van der Waals surface area contributed by atoms with Gasteiger partial charge >= 0.3 is 0 Å². The van der Waals surface area contributed by atoms with Crippen LogP contribution >= 0.6 is 0 Å². The zero-order valence-corrected chi connectivity index (χ0v) is 18.1. The van der Waals surface area contributed by atoms with E-state index in [0.717, 1.165) is 55.0 Å². The highest BCUT2D eigenvalue weighted by Gasteiger charge is 2.24. The Kier molecular flexibility index (Phi) is 7.03. The lowest BCUT2D eigenvalue weighted by molar-refractivity contribution is -0.136. The van der Waals surface area contributed by atoms with Gasteiger partial charge in [0.25, 0.3) is 0 Å². The number of amides is 1. The van der Waals surface area contributed by atoms with E-state index in [0.29, 0.717) is 39.4 Å². The Morgan fingerprint density at radius 3 is 2.68 bits per heavy atom. The highest BCUT2D eigenvalue weighted by Crippen LogP contribution is 2.19. The average Bonchev–Trinajstić information content (AvgIpc) is 3.20. The van der Waals surface area contributed by atoms with Crippen molar-refractivity contribution in [2.45, 2.75) is 6.42 Å². The number of nitrogens with zero attached hydrogens (tertiary/aromatic N) is 4. The molecule has 0 aliphatic carbocycles. The van der Waals surface area contributed by atoms with Gasteiger partial charge in [0.05, 0.1) is 19.8 Å².